The van der Waals surface area contributed by atoms with Gasteiger partial charge in [0.1, 0.15) is 18.1 Å². The molecule has 0 saturated heterocycles. The molecule has 0 bridgehead atoms. The van der Waals surface area contributed by atoms with Crippen LogP contribution in [0.3, 0.4) is 0 Å². The van der Waals surface area contributed by atoms with Gasteiger partial charge in [0.05, 0.1) is 6.61 Å². The Kier molecular flexibility index (Phi) is 4.27. The molecular weight excluding hydrogens is 307 g/mol. The summed E-state index contributed by atoms with van der Waals surface area (Å²) in [5, 5.41) is 1.24. The van der Waals surface area contributed by atoms with Crippen molar-refractivity contribution in [3.8, 4) is 11.5 Å². The largest absolute Gasteiger partial charge is 0.493 e. The van der Waals surface area contributed by atoms with Gasteiger partial charge in [-0.15, -0.1) is 0 Å². The van der Waals surface area contributed by atoms with Gasteiger partial charge in [-0.25, -0.2) is 0 Å². The summed E-state index contributed by atoms with van der Waals surface area (Å²) in [6, 6.07) is 11.4. The van der Waals surface area contributed by atoms with E-state index in [9.17, 15) is 0 Å². The molecule has 110 valence electrons. The lowest BCUT2D eigenvalue weighted by atomic mass is 9.99. The fourth-order valence-corrected chi connectivity index (χ4v) is 2.95. The monoisotopic (exact) mass is 322 g/mol. The van der Waals surface area contributed by atoms with Gasteiger partial charge in [-0.1, -0.05) is 42.3 Å². The van der Waals surface area contributed by atoms with Crippen LogP contribution in [0.5, 0.6) is 11.5 Å². The SMILES string of the molecule is CC[C@@H]1COc2cc(OCc3ccc(Cl)cc3Cl)ccc21. The van der Waals surface area contributed by atoms with Crippen LogP contribution in [0, 0.1) is 0 Å². The van der Waals surface area contributed by atoms with Gasteiger partial charge in [-0.3, -0.25) is 0 Å². The molecule has 0 spiro atoms. The van der Waals surface area contributed by atoms with Crippen molar-refractivity contribution in [3.05, 3.63) is 57.6 Å². The smallest absolute Gasteiger partial charge is 0.126 e. The highest BCUT2D eigenvalue weighted by atomic mass is 35.5. The number of fused-ring (bicyclic) bond motifs is 1. The molecule has 0 unspecified atom stereocenters. The first kappa shape index (κ1) is 14.6. The van der Waals surface area contributed by atoms with Crippen LogP contribution >= 0.6 is 23.2 Å². The molecule has 1 aliphatic heterocycles. The van der Waals surface area contributed by atoms with Crippen LogP contribution in [-0.4, -0.2) is 6.61 Å². The van der Waals surface area contributed by atoms with E-state index in [0.717, 1.165) is 30.1 Å². The van der Waals surface area contributed by atoms with E-state index in [0.29, 0.717) is 22.6 Å². The number of ether oxygens (including phenoxy) is 2. The zero-order chi connectivity index (χ0) is 14.8. The highest BCUT2D eigenvalue weighted by molar-refractivity contribution is 6.35. The lowest BCUT2D eigenvalue weighted by Gasteiger charge is -2.10. The van der Waals surface area contributed by atoms with Gasteiger partial charge in [0.25, 0.3) is 0 Å². The first-order chi connectivity index (χ1) is 10.2. The van der Waals surface area contributed by atoms with Gasteiger partial charge < -0.3 is 9.47 Å². The molecule has 0 radical (unpaired) electrons. The molecule has 4 heteroatoms. The Morgan fingerprint density at radius 2 is 2.05 bits per heavy atom. The third kappa shape index (κ3) is 3.12. The molecule has 1 atom stereocenters. The molecular formula is C17H16Cl2O2. The fraction of sp³-hybridized carbons (Fsp3) is 0.294. The van der Waals surface area contributed by atoms with E-state index in [1.165, 1.54) is 5.56 Å². The minimum Gasteiger partial charge on any atom is -0.493 e. The molecule has 0 fully saturated rings. The van der Waals surface area contributed by atoms with Gasteiger partial charge in [0.15, 0.2) is 0 Å². The van der Waals surface area contributed by atoms with Crippen molar-refractivity contribution < 1.29 is 9.47 Å². The Balaban J connectivity index is 1.72. The minimum atomic E-state index is 0.409. The van der Waals surface area contributed by atoms with Crippen LogP contribution in [0.25, 0.3) is 0 Å². The maximum atomic E-state index is 6.14. The van der Waals surface area contributed by atoms with E-state index >= 15 is 0 Å². The van der Waals surface area contributed by atoms with Crippen molar-refractivity contribution in [3.63, 3.8) is 0 Å². The second-order valence-corrected chi connectivity index (χ2v) is 5.98. The average molecular weight is 323 g/mol. The third-order valence-electron chi connectivity index (χ3n) is 3.77. The van der Waals surface area contributed by atoms with Gasteiger partial charge >= 0.3 is 0 Å². The van der Waals surface area contributed by atoms with Crippen LogP contribution in [0.1, 0.15) is 30.4 Å². The van der Waals surface area contributed by atoms with E-state index in [2.05, 4.69) is 13.0 Å². The van der Waals surface area contributed by atoms with Crippen molar-refractivity contribution >= 4 is 23.2 Å². The fourth-order valence-electron chi connectivity index (χ4n) is 2.48. The highest BCUT2D eigenvalue weighted by Crippen LogP contribution is 2.38. The van der Waals surface area contributed by atoms with Crippen molar-refractivity contribution in [2.75, 3.05) is 6.61 Å². The molecule has 0 amide bonds. The minimum absolute atomic E-state index is 0.409. The Morgan fingerprint density at radius 3 is 2.81 bits per heavy atom. The maximum Gasteiger partial charge on any atom is 0.126 e. The van der Waals surface area contributed by atoms with E-state index < -0.39 is 0 Å². The summed E-state index contributed by atoms with van der Waals surface area (Å²) in [7, 11) is 0. The second kappa shape index (κ2) is 6.17. The number of rotatable bonds is 4. The Labute approximate surface area is 134 Å². The summed E-state index contributed by atoms with van der Waals surface area (Å²) in [5.74, 6) is 2.22. The van der Waals surface area contributed by atoms with Gasteiger partial charge in [-0.05, 0) is 24.6 Å². The van der Waals surface area contributed by atoms with Crippen molar-refractivity contribution in [2.45, 2.75) is 25.9 Å². The third-order valence-corrected chi connectivity index (χ3v) is 4.35. The van der Waals surface area contributed by atoms with Crippen LogP contribution in [-0.2, 0) is 6.61 Å². The van der Waals surface area contributed by atoms with Crippen molar-refractivity contribution in [2.24, 2.45) is 0 Å². The molecule has 1 aliphatic rings. The maximum absolute atomic E-state index is 6.14. The molecule has 0 aromatic heterocycles. The molecule has 2 nitrogen and oxygen atoms in total. The van der Waals surface area contributed by atoms with Gasteiger partial charge in [0.2, 0.25) is 0 Å². The normalized spacial score (nSPS) is 16.4. The molecule has 0 N–H and O–H groups in total. The zero-order valence-corrected chi connectivity index (χ0v) is 13.2. The topological polar surface area (TPSA) is 18.5 Å². The lowest BCUT2D eigenvalue weighted by molar-refractivity contribution is 0.300. The van der Waals surface area contributed by atoms with Crippen molar-refractivity contribution in [1.82, 2.24) is 0 Å². The first-order valence-corrected chi connectivity index (χ1v) is 7.76. The summed E-state index contributed by atoms with van der Waals surface area (Å²) in [6.07, 6.45) is 1.09. The van der Waals surface area contributed by atoms with E-state index in [1.807, 2.05) is 24.3 Å². The number of hydrogen-bond acceptors (Lipinski definition) is 2. The Morgan fingerprint density at radius 1 is 1.19 bits per heavy atom. The molecule has 3 rings (SSSR count). The number of benzene rings is 2. The summed E-state index contributed by atoms with van der Waals surface area (Å²) >= 11 is 12.0. The lowest BCUT2D eigenvalue weighted by Crippen LogP contribution is -1.97. The molecule has 1 heterocycles. The predicted octanol–water partition coefficient (Wildman–Crippen LogP) is 5.46. The molecule has 2 aromatic carbocycles. The average Bonchev–Trinajstić information content (AvgIpc) is 2.88. The molecule has 0 saturated carbocycles. The zero-order valence-electron chi connectivity index (χ0n) is 11.7. The summed E-state index contributed by atoms with van der Waals surface area (Å²) in [6.45, 7) is 3.35. The second-order valence-electron chi connectivity index (χ2n) is 5.14. The number of hydrogen-bond donors (Lipinski definition) is 0. The van der Waals surface area contributed by atoms with Crippen LogP contribution in [0.2, 0.25) is 10.0 Å². The van der Waals surface area contributed by atoms with E-state index in [-0.39, 0.29) is 0 Å². The van der Waals surface area contributed by atoms with Crippen LogP contribution in [0.15, 0.2) is 36.4 Å². The van der Waals surface area contributed by atoms with E-state index in [1.54, 1.807) is 6.07 Å². The summed E-state index contributed by atoms with van der Waals surface area (Å²) < 4.78 is 11.5. The van der Waals surface area contributed by atoms with Crippen LogP contribution < -0.4 is 9.47 Å². The Bertz CT molecular complexity index is 655. The quantitative estimate of drug-likeness (QED) is 0.744. The van der Waals surface area contributed by atoms with Gasteiger partial charge in [0, 0.05) is 33.2 Å². The summed E-state index contributed by atoms with van der Waals surface area (Å²) in [4.78, 5) is 0. The Hall–Kier alpha value is -1.38. The standard InChI is InChI=1S/C17H16Cl2O2/c1-2-11-9-21-17-8-14(5-6-15(11)17)20-10-12-3-4-13(18)7-16(12)19/h3-8,11H,2,9-10H2,1H3/t11-/m1/s1. The van der Waals surface area contributed by atoms with Crippen molar-refractivity contribution in [1.29, 1.82) is 0 Å². The van der Waals surface area contributed by atoms with E-state index in [4.69, 9.17) is 32.7 Å². The molecule has 2 aromatic rings. The van der Waals surface area contributed by atoms with Crippen LogP contribution in [0.4, 0.5) is 0 Å². The van der Waals surface area contributed by atoms with Gasteiger partial charge in [-0.2, -0.15) is 0 Å². The first-order valence-electron chi connectivity index (χ1n) is 7.01. The molecule has 21 heavy (non-hydrogen) atoms. The highest BCUT2D eigenvalue weighted by Gasteiger charge is 2.22. The molecule has 0 aliphatic carbocycles. The predicted molar refractivity (Wildman–Crippen MR) is 85.8 cm³/mol. The summed E-state index contributed by atoms with van der Waals surface area (Å²) in [5.41, 5.74) is 2.18. The number of halogens is 2.